The van der Waals surface area contributed by atoms with Crippen LogP contribution in [0.3, 0.4) is 0 Å². The molecule has 9 nitrogen and oxygen atoms in total. The molecule has 1 unspecified atom stereocenters. The Morgan fingerprint density at radius 3 is 2.45 bits per heavy atom. The minimum atomic E-state index is -0.484. The first-order chi connectivity index (χ1) is 15.8. The summed E-state index contributed by atoms with van der Waals surface area (Å²) in [6.45, 7) is 2.60. The van der Waals surface area contributed by atoms with Crippen LogP contribution in [0.4, 0.5) is 5.69 Å². The van der Waals surface area contributed by atoms with Gasteiger partial charge in [-0.2, -0.15) is 0 Å². The molecule has 1 fully saturated rings. The van der Waals surface area contributed by atoms with Gasteiger partial charge in [0.25, 0.3) is 0 Å². The Labute approximate surface area is 193 Å². The second-order valence-electron chi connectivity index (χ2n) is 7.99. The van der Waals surface area contributed by atoms with E-state index in [9.17, 15) is 24.0 Å². The van der Waals surface area contributed by atoms with Crippen molar-refractivity contribution >= 4 is 35.0 Å². The van der Waals surface area contributed by atoms with Crippen LogP contribution >= 0.6 is 0 Å². The summed E-state index contributed by atoms with van der Waals surface area (Å²) in [5.41, 5.74) is 1.30. The number of anilines is 1. The third kappa shape index (κ3) is 10.4. The highest BCUT2D eigenvalue weighted by molar-refractivity contribution is 6.04. The molecule has 1 aliphatic carbocycles. The van der Waals surface area contributed by atoms with E-state index in [-0.39, 0.29) is 36.9 Å². The van der Waals surface area contributed by atoms with Gasteiger partial charge in [-0.1, -0.05) is 18.6 Å². The summed E-state index contributed by atoms with van der Waals surface area (Å²) in [5.74, 6) is -1.70. The van der Waals surface area contributed by atoms with Gasteiger partial charge in [-0.05, 0) is 30.5 Å². The first-order valence-electron chi connectivity index (χ1n) is 11.3. The summed E-state index contributed by atoms with van der Waals surface area (Å²) in [4.78, 5) is 58.8. The normalized spacial score (nSPS) is 15.5. The maximum atomic E-state index is 12.4. The molecule has 1 aromatic rings. The quantitative estimate of drug-likeness (QED) is 0.262. The third-order valence-corrected chi connectivity index (χ3v) is 5.19. The molecule has 0 aliphatic heterocycles. The zero-order chi connectivity index (χ0) is 24.1. The van der Waals surface area contributed by atoms with E-state index in [2.05, 4.69) is 10.6 Å². The number of benzene rings is 1. The number of carbonyl (C=O) groups is 5. The minimum Gasteiger partial charge on any atom is -0.466 e. The maximum absolute atomic E-state index is 12.4. The van der Waals surface area contributed by atoms with Gasteiger partial charge in [-0.3, -0.25) is 24.0 Å². The predicted molar refractivity (Wildman–Crippen MR) is 120 cm³/mol. The summed E-state index contributed by atoms with van der Waals surface area (Å²) in [5, 5.41) is 5.24. The van der Waals surface area contributed by atoms with Gasteiger partial charge >= 0.3 is 5.97 Å². The second-order valence-corrected chi connectivity index (χ2v) is 7.99. The molecule has 2 N–H and O–H groups in total. The number of nitrogens with one attached hydrogen (secondary N) is 2. The van der Waals surface area contributed by atoms with Crippen molar-refractivity contribution in [3.8, 4) is 0 Å². The third-order valence-electron chi connectivity index (χ3n) is 5.19. The molecule has 0 aromatic heterocycles. The largest absolute Gasteiger partial charge is 0.466 e. The SMILES string of the molecule is CC(=O)OCCCOCCNC(=O)CC(=O)Nc1ccc(CC(=O)C2CCCCC2=O)cc1. The van der Waals surface area contributed by atoms with Crippen molar-refractivity contribution in [2.75, 3.05) is 31.7 Å². The molecule has 2 amide bonds. The molecule has 1 aromatic carbocycles. The topological polar surface area (TPSA) is 128 Å². The Hall–Kier alpha value is -3.07. The van der Waals surface area contributed by atoms with E-state index >= 15 is 0 Å². The van der Waals surface area contributed by atoms with Crippen molar-refractivity contribution in [1.29, 1.82) is 0 Å². The number of carbonyl (C=O) groups excluding carboxylic acids is 5. The van der Waals surface area contributed by atoms with Gasteiger partial charge in [0.05, 0.1) is 19.1 Å². The molecule has 0 spiro atoms. The summed E-state index contributed by atoms with van der Waals surface area (Å²) in [6.07, 6.45) is 3.33. The van der Waals surface area contributed by atoms with E-state index < -0.39 is 17.7 Å². The van der Waals surface area contributed by atoms with E-state index in [1.165, 1.54) is 6.92 Å². The molecule has 9 heteroatoms. The number of hydrogen-bond donors (Lipinski definition) is 2. The average Bonchev–Trinajstić information content (AvgIpc) is 2.77. The Kier molecular flexibility index (Phi) is 11.2. The Bertz CT molecular complexity index is 836. The van der Waals surface area contributed by atoms with Crippen LogP contribution in [0.5, 0.6) is 0 Å². The van der Waals surface area contributed by atoms with Crippen molar-refractivity contribution in [2.24, 2.45) is 5.92 Å². The van der Waals surface area contributed by atoms with Crippen LogP contribution in [0, 0.1) is 5.92 Å². The van der Waals surface area contributed by atoms with Gasteiger partial charge in [-0.25, -0.2) is 0 Å². The average molecular weight is 461 g/mol. The van der Waals surface area contributed by atoms with Crippen LogP contribution in [0.15, 0.2) is 24.3 Å². The first kappa shape index (κ1) is 26.2. The van der Waals surface area contributed by atoms with Gasteiger partial charge in [0.15, 0.2) is 0 Å². The number of ether oxygens (including phenoxy) is 2. The van der Waals surface area contributed by atoms with Crippen molar-refractivity contribution in [1.82, 2.24) is 5.32 Å². The van der Waals surface area contributed by atoms with Crippen molar-refractivity contribution in [3.05, 3.63) is 29.8 Å². The molecule has 0 saturated heterocycles. The van der Waals surface area contributed by atoms with Crippen molar-refractivity contribution in [2.45, 2.75) is 51.9 Å². The molecular formula is C24H32N2O7. The van der Waals surface area contributed by atoms with Crippen LogP contribution < -0.4 is 10.6 Å². The zero-order valence-electron chi connectivity index (χ0n) is 19.0. The van der Waals surface area contributed by atoms with Gasteiger partial charge in [0.2, 0.25) is 11.8 Å². The van der Waals surface area contributed by atoms with Crippen LogP contribution in [-0.4, -0.2) is 55.7 Å². The molecule has 1 saturated carbocycles. The van der Waals surface area contributed by atoms with Crippen LogP contribution in [-0.2, 0) is 39.9 Å². The second kappa shape index (κ2) is 14.2. The van der Waals surface area contributed by atoms with Gasteiger partial charge in [0, 0.05) is 45.0 Å². The highest BCUT2D eigenvalue weighted by Gasteiger charge is 2.28. The molecule has 2 rings (SSSR count). The van der Waals surface area contributed by atoms with E-state index in [4.69, 9.17) is 9.47 Å². The van der Waals surface area contributed by atoms with E-state index in [0.717, 1.165) is 18.4 Å². The number of Topliss-reactive ketones (excluding diaryl/α,β-unsaturated/α-hetero) is 2. The minimum absolute atomic E-state index is 0.0410. The van der Waals surface area contributed by atoms with E-state index in [0.29, 0.717) is 44.8 Å². The molecule has 0 radical (unpaired) electrons. The fraction of sp³-hybridized carbons (Fsp3) is 0.542. The fourth-order valence-electron chi connectivity index (χ4n) is 3.51. The number of amides is 2. The van der Waals surface area contributed by atoms with E-state index in [1.807, 2.05) is 0 Å². The molecule has 1 atom stereocenters. The predicted octanol–water partition coefficient (Wildman–Crippen LogP) is 1.97. The van der Waals surface area contributed by atoms with E-state index in [1.54, 1.807) is 24.3 Å². The summed E-state index contributed by atoms with van der Waals surface area (Å²) in [6, 6.07) is 6.81. The molecule has 180 valence electrons. The summed E-state index contributed by atoms with van der Waals surface area (Å²) in [7, 11) is 0. The van der Waals surface area contributed by atoms with Crippen LogP contribution in [0.25, 0.3) is 0 Å². The molecular weight excluding hydrogens is 428 g/mol. The Balaban J connectivity index is 1.62. The maximum Gasteiger partial charge on any atom is 0.302 e. The lowest BCUT2D eigenvalue weighted by atomic mass is 9.83. The number of hydrogen-bond acceptors (Lipinski definition) is 7. The summed E-state index contributed by atoms with van der Waals surface area (Å²) < 4.78 is 10.1. The Morgan fingerprint density at radius 2 is 1.76 bits per heavy atom. The zero-order valence-corrected chi connectivity index (χ0v) is 19.0. The molecule has 33 heavy (non-hydrogen) atoms. The fourth-order valence-corrected chi connectivity index (χ4v) is 3.51. The number of esters is 1. The molecule has 1 aliphatic rings. The monoisotopic (exact) mass is 460 g/mol. The van der Waals surface area contributed by atoms with Crippen molar-refractivity contribution < 1.29 is 33.4 Å². The van der Waals surface area contributed by atoms with Gasteiger partial charge in [-0.15, -0.1) is 0 Å². The highest BCUT2D eigenvalue weighted by Crippen LogP contribution is 2.23. The van der Waals surface area contributed by atoms with Crippen LogP contribution in [0.1, 0.15) is 51.0 Å². The number of ketones is 2. The Morgan fingerprint density at radius 1 is 1.00 bits per heavy atom. The first-order valence-corrected chi connectivity index (χ1v) is 11.3. The lowest BCUT2D eigenvalue weighted by molar-refractivity contribution is -0.141. The smallest absolute Gasteiger partial charge is 0.302 e. The molecule has 0 heterocycles. The summed E-state index contributed by atoms with van der Waals surface area (Å²) >= 11 is 0. The van der Waals surface area contributed by atoms with Crippen LogP contribution in [0.2, 0.25) is 0 Å². The van der Waals surface area contributed by atoms with Gasteiger partial charge in [0.1, 0.15) is 18.0 Å². The van der Waals surface area contributed by atoms with Gasteiger partial charge < -0.3 is 20.1 Å². The number of rotatable bonds is 13. The highest BCUT2D eigenvalue weighted by atomic mass is 16.5. The lowest BCUT2D eigenvalue weighted by Crippen LogP contribution is -2.30. The van der Waals surface area contributed by atoms with Crippen molar-refractivity contribution in [3.63, 3.8) is 0 Å². The standard InChI is InChI=1S/C24H32N2O7/c1-17(27)33-13-4-12-32-14-11-25-23(30)16-24(31)26-19-9-7-18(8-10-19)15-22(29)20-5-2-3-6-21(20)28/h7-10,20H,2-6,11-16H2,1H3,(H,25,30)(H,26,31). The molecule has 0 bridgehead atoms. The lowest BCUT2D eigenvalue weighted by Gasteiger charge is -2.19.